The molecule has 1 aromatic carbocycles. The van der Waals surface area contributed by atoms with Gasteiger partial charge in [-0.25, -0.2) is 0 Å². The fourth-order valence-corrected chi connectivity index (χ4v) is 2.54. The Balaban J connectivity index is 1.39. The third-order valence-corrected chi connectivity index (χ3v) is 3.96. The Hall–Kier alpha value is -3.81. The number of ether oxygens (including phenoxy) is 1. The zero-order valence-corrected chi connectivity index (χ0v) is 14.4. The van der Waals surface area contributed by atoms with Crippen molar-refractivity contribution in [2.24, 2.45) is 0 Å². The van der Waals surface area contributed by atoms with Gasteiger partial charge in [-0.05, 0) is 36.4 Å². The first kappa shape index (κ1) is 16.6. The van der Waals surface area contributed by atoms with Gasteiger partial charge in [0.05, 0.1) is 19.9 Å². The lowest BCUT2D eigenvalue weighted by Gasteiger charge is -1.99. The molecule has 4 aromatic rings. The number of nitrogens with one attached hydrogen (secondary N) is 2. The summed E-state index contributed by atoms with van der Waals surface area (Å²) in [5, 5.41) is 13.5. The summed E-state index contributed by atoms with van der Waals surface area (Å²) in [5.74, 6) is 1.67. The fourth-order valence-electron chi connectivity index (χ4n) is 2.54. The molecule has 0 aliphatic heterocycles. The summed E-state index contributed by atoms with van der Waals surface area (Å²) in [6.45, 7) is 0.224. The molecule has 3 heterocycles. The Morgan fingerprint density at radius 2 is 2.04 bits per heavy atom. The molecule has 0 unspecified atom stereocenters. The van der Waals surface area contributed by atoms with Gasteiger partial charge in [0, 0.05) is 17.7 Å². The Labute approximate surface area is 154 Å². The number of benzene rings is 1. The maximum absolute atomic E-state index is 12.3. The lowest BCUT2D eigenvalue weighted by molar-refractivity contribution is 0.0945. The molecule has 0 aliphatic carbocycles. The summed E-state index contributed by atoms with van der Waals surface area (Å²) >= 11 is 0. The van der Waals surface area contributed by atoms with E-state index >= 15 is 0 Å². The molecule has 0 fully saturated rings. The molecule has 0 radical (unpaired) electrons. The summed E-state index contributed by atoms with van der Waals surface area (Å²) < 4.78 is 15.7. The molecule has 0 aliphatic rings. The summed E-state index contributed by atoms with van der Waals surface area (Å²) in [4.78, 5) is 12.3. The number of carbonyl (C=O) groups is 1. The summed E-state index contributed by atoms with van der Waals surface area (Å²) in [6, 6.07) is 14.4. The quantitative estimate of drug-likeness (QED) is 0.544. The molecule has 0 atom stereocenters. The van der Waals surface area contributed by atoms with Gasteiger partial charge in [-0.2, -0.15) is 5.10 Å². The standard InChI is InChI=1S/C19H16N4O4/c1-25-14-6-4-12(5-7-14)18-9-13(23-27-18)11-20-19(24)16-10-15(21-22-16)17-3-2-8-26-17/h2-10H,11H2,1H3,(H,20,24)(H,21,22). The maximum Gasteiger partial charge on any atom is 0.272 e. The average molecular weight is 364 g/mol. The van der Waals surface area contributed by atoms with E-state index in [9.17, 15) is 4.79 Å². The molecule has 136 valence electrons. The number of aromatic amines is 1. The van der Waals surface area contributed by atoms with Gasteiger partial charge in [-0.3, -0.25) is 9.89 Å². The van der Waals surface area contributed by atoms with Crippen LogP contribution in [0.25, 0.3) is 22.8 Å². The molecule has 0 spiro atoms. The predicted molar refractivity (Wildman–Crippen MR) is 96.0 cm³/mol. The first-order valence-corrected chi connectivity index (χ1v) is 8.20. The van der Waals surface area contributed by atoms with Crippen molar-refractivity contribution in [2.45, 2.75) is 6.54 Å². The van der Waals surface area contributed by atoms with Crippen molar-refractivity contribution in [2.75, 3.05) is 7.11 Å². The molecular weight excluding hydrogens is 348 g/mol. The number of H-pyrrole nitrogens is 1. The zero-order valence-electron chi connectivity index (χ0n) is 14.4. The minimum atomic E-state index is -0.321. The van der Waals surface area contributed by atoms with Crippen molar-refractivity contribution in [1.82, 2.24) is 20.7 Å². The number of furan rings is 1. The van der Waals surface area contributed by atoms with E-state index in [-0.39, 0.29) is 18.1 Å². The topological polar surface area (TPSA) is 106 Å². The second-order valence-corrected chi connectivity index (χ2v) is 5.74. The van der Waals surface area contributed by atoms with E-state index in [0.717, 1.165) is 11.3 Å². The smallest absolute Gasteiger partial charge is 0.272 e. The van der Waals surface area contributed by atoms with Crippen LogP contribution in [0.2, 0.25) is 0 Å². The van der Waals surface area contributed by atoms with Crippen LogP contribution in [0.1, 0.15) is 16.2 Å². The lowest BCUT2D eigenvalue weighted by Crippen LogP contribution is -2.23. The molecule has 8 nitrogen and oxygen atoms in total. The van der Waals surface area contributed by atoms with Gasteiger partial charge >= 0.3 is 0 Å². The highest BCUT2D eigenvalue weighted by atomic mass is 16.5. The summed E-state index contributed by atoms with van der Waals surface area (Å²) in [6.07, 6.45) is 1.56. The van der Waals surface area contributed by atoms with Crippen molar-refractivity contribution < 1.29 is 18.5 Å². The fraction of sp³-hybridized carbons (Fsp3) is 0.105. The molecular formula is C19H16N4O4. The first-order chi connectivity index (χ1) is 13.2. The molecule has 27 heavy (non-hydrogen) atoms. The second kappa shape index (κ2) is 7.20. The van der Waals surface area contributed by atoms with Gasteiger partial charge in [0.15, 0.2) is 17.2 Å². The van der Waals surface area contributed by atoms with Crippen molar-refractivity contribution in [3.8, 4) is 28.5 Å². The van der Waals surface area contributed by atoms with Gasteiger partial charge < -0.3 is 19.0 Å². The zero-order chi connectivity index (χ0) is 18.6. The molecule has 1 amide bonds. The highest BCUT2D eigenvalue weighted by Gasteiger charge is 2.14. The van der Waals surface area contributed by atoms with E-state index in [1.54, 1.807) is 37.6 Å². The Morgan fingerprint density at radius 3 is 2.78 bits per heavy atom. The van der Waals surface area contributed by atoms with Gasteiger partial charge in [-0.1, -0.05) is 5.16 Å². The number of methoxy groups -OCH3 is 1. The average Bonchev–Trinajstić information content (AvgIpc) is 3.47. The van der Waals surface area contributed by atoms with Crippen LogP contribution in [0.15, 0.2) is 63.7 Å². The van der Waals surface area contributed by atoms with Crippen LogP contribution in [0, 0.1) is 0 Å². The second-order valence-electron chi connectivity index (χ2n) is 5.74. The van der Waals surface area contributed by atoms with Crippen LogP contribution < -0.4 is 10.1 Å². The van der Waals surface area contributed by atoms with E-state index in [0.29, 0.717) is 22.9 Å². The minimum Gasteiger partial charge on any atom is -0.497 e. The Bertz CT molecular complexity index is 1030. The van der Waals surface area contributed by atoms with Crippen molar-refractivity contribution in [3.05, 3.63) is 66.2 Å². The van der Waals surface area contributed by atoms with Crippen LogP contribution in [-0.4, -0.2) is 28.4 Å². The van der Waals surface area contributed by atoms with Crippen molar-refractivity contribution in [3.63, 3.8) is 0 Å². The number of carbonyl (C=O) groups excluding carboxylic acids is 1. The predicted octanol–water partition coefficient (Wildman–Crippen LogP) is 3.26. The lowest BCUT2D eigenvalue weighted by atomic mass is 10.1. The number of amides is 1. The molecule has 3 aromatic heterocycles. The molecule has 2 N–H and O–H groups in total. The van der Waals surface area contributed by atoms with E-state index in [1.165, 1.54) is 0 Å². The van der Waals surface area contributed by atoms with E-state index in [2.05, 4.69) is 20.7 Å². The highest BCUT2D eigenvalue weighted by molar-refractivity contribution is 5.93. The minimum absolute atomic E-state index is 0.224. The number of hydrogen-bond acceptors (Lipinski definition) is 6. The van der Waals surface area contributed by atoms with Crippen LogP contribution in [-0.2, 0) is 6.54 Å². The van der Waals surface area contributed by atoms with Crippen LogP contribution in [0.3, 0.4) is 0 Å². The van der Waals surface area contributed by atoms with Gasteiger partial charge in [-0.15, -0.1) is 0 Å². The third kappa shape index (κ3) is 3.59. The molecule has 0 saturated carbocycles. The summed E-state index contributed by atoms with van der Waals surface area (Å²) in [7, 11) is 1.61. The summed E-state index contributed by atoms with van der Waals surface area (Å²) in [5.41, 5.74) is 2.38. The van der Waals surface area contributed by atoms with E-state index < -0.39 is 0 Å². The normalized spacial score (nSPS) is 10.7. The first-order valence-electron chi connectivity index (χ1n) is 8.20. The number of nitrogens with zero attached hydrogens (tertiary/aromatic N) is 2. The maximum atomic E-state index is 12.3. The van der Waals surface area contributed by atoms with Crippen LogP contribution >= 0.6 is 0 Å². The Kier molecular flexibility index (Phi) is 4.44. The number of rotatable bonds is 6. The van der Waals surface area contributed by atoms with Crippen LogP contribution in [0.5, 0.6) is 5.75 Å². The van der Waals surface area contributed by atoms with Gasteiger partial charge in [0.25, 0.3) is 5.91 Å². The van der Waals surface area contributed by atoms with Crippen molar-refractivity contribution in [1.29, 1.82) is 0 Å². The van der Waals surface area contributed by atoms with Gasteiger partial charge in [0.1, 0.15) is 17.1 Å². The largest absolute Gasteiger partial charge is 0.497 e. The molecule has 4 rings (SSSR count). The van der Waals surface area contributed by atoms with Crippen LogP contribution in [0.4, 0.5) is 0 Å². The third-order valence-electron chi connectivity index (χ3n) is 3.96. The van der Waals surface area contributed by atoms with E-state index in [4.69, 9.17) is 13.7 Å². The van der Waals surface area contributed by atoms with Crippen molar-refractivity contribution >= 4 is 5.91 Å². The molecule has 0 bridgehead atoms. The molecule has 0 saturated heterocycles. The van der Waals surface area contributed by atoms with Gasteiger partial charge in [0.2, 0.25) is 0 Å². The van der Waals surface area contributed by atoms with E-state index in [1.807, 2.05) is 24.3 Å². The Morgan fingerprint density at radius 1 is 1.19 bits per heavy atom. The number of hydrogen-bond donors (Lipinski definition) is 2. The molecule has 8 heteroatoms. The SMILES string of the molecule is COc1ccc(-c2cc(CNC(=O)c3cc(-c4ccco4)[nH]n3)no2)cc1. The highest BCUT2D eigenvalue weighted by Crippen LogP contribution is 2.23. The monoisotopic (exact) mass is 364 g/mol. The number of aromatic nitrogens is 3.